The van der Waals surface area contributed by atoms with E-state index in [9.17, 15) is 31.5 Å². The highest BCUT2D eigenvalue weighted by atomic mass is 32.3. The first-order chi connectivity index (χ1) is 16.0. The molecule has 1 aliphatic carbocycles. The van der Waals surface area contributed by atoms with Gasteiger partial charge in [0.2, 0.25) is 15.8 Å². The summed E-state index contributed by atoms with van der Waals surface area (Å²) in [5.41, 5.74) is -0.166. The van der Waals surface area contributed by atoms with Crippen molar-refractivity contribution in [3.8, 4) is 0 Å². The molecule has 0 radical (unpaired) electrons. The lowest BCUT2D eigenvalue weighted by atomic mass is 10.0. The van der Waals surface area contributed by atoms with Crippen molar-refractivity contribution in [3.63, 3.8) is 0 Å². The number of nitrogens with one attached hydrogen (secondary N) is 1. The van der Waals surface area contributed by atoms with Crippen LogP contribution in [0.4, 0.5) is 13.2 Å². The Balaban J connectivity index is 1.45. The van der Waals surface area contributed by atoms with Gasteiger partial charge in [-0.2, -0.15) is 17.9 Å². The molecule has 1 aromatic carbocycles. The lowest BCUT2D eigenvalue weighted by Gasteiger charge is -2.19. The van der Waals surface area contributed by atoms with Gasteiger partial charge in [0.1, 0.15) is 15.8 Å². The number of carboxylic acid groups (broad SMARTS) is 1. The second-order valence-electron chi connectivity index (χ2n) is 8.17. The molecule has 1 saturated carbocycles. The van der Waals surface area contributed by atoms with Crippen LogP contribution in [0.5, 0.6) is 0 Å². The summed E-state index contributed by atoms with van der Waals surface area (Å²) in [7, 11) is -4.15. The van der Waals surface area contributed by atoms with Gasteiger partial charge < -0.3 is 14.7 Å². The van der Waals surface area contributed by atoms with Gasteiger partial charge in [0, 0.05) is 23.5 Å². The van der Waals surface area contributed by atoms with Gasteiger partial charge >= 0.3 is 12.1 Å². The third-order valence-electron chi connectivity index (χ3n) is 5.81. The van der Waals surface area contributed by atoms with E-state index in [2.05, 4.69) is 14.4 Å². The van der Waals surface area contributed by atoms with Gasteiger partial charge in [-0.15, -0.1) is 11.8 Å². The fourth-order valence-electron chi connectivity index (χ4n) is 3.90. The van der Waals surface area contributed by atoms with Crippen molar-refractivity contribution < 1.29 is 41.1 Å². The van der Waals surface area contributed by atoms with Crippen molar-refractivity contribution in [2.24, 2.45) is 0 Å². The molecule has 2 aliphatic rings. The van der Waals surface area contributed by atoms with E-state index < -0.39 is 44.0 Å². The number of alkyl halides is 3. The van der Waals surface area contributed by atoms with Gasteiger partial charge in [0.05, 0.1) is 0 Å². The molecule has 0 saturated heterocycles. The fourth-order valence-corrected chi connectivity index (χ4v) is 7.05. The number of halogens is 3. The number of allylic oxidation sites excluding steroid dienone is 1. The van der Waals surface area contributed by atoms with Gasteiger partial charge in [0.25, 0.3) is 0 Å². The van der Waals surface area contributed by atoms with E-state index in [0.29, 0.717) is 24.5 Å². The van der Waals surface area contributed by atoms with E-state index >= 15 is 0 Å². The average molecular weight is 519 g/mol. The zero-order valence-corrected chi connectivity index (χ0v) is 19.2. The summed E-state index contributed by atoms with van der Waals surface area (Å²) in [5.74, 6) is -3.15. The lowest BCUT2D eigenvalue weighted by molar-refractivity contribution is -0.155. The highest BCUT2D eigenvalue weighted by Gasteiger charge is 2.63. The van der Waals surface area contributed by atoms with Gasteiger partial charge in [-0.3, -0.25) is 4.79 Å². The lowest BCUT2D eigenvalue weighted by Crippen LogP contribution is -2.47. The van der Waals surface area contributed by atoms with E-state index in [1.807, 2.05) is 12.1 Å². The van der Waals surface area contributed by atoms with Crippen LogP contribution in [-0.2, 0) is 27.4 Å². The minimum atomic E-state index is -4.71. The molecule has 13 heteroatoms. The molecule has 8 nitrogen and oxygen atoms in total. The highest BCUT2D eigenvalue weighted by molar-refractivity contribution is 8.18. The van der Waals surface area contributed by atoms with Crippen molar-refractivity contribution in [2.45, 2.75) is 47.9 Å². The number of aryl methyl sites for hydroxylation is 1. The van der Waals surface area contributed by atoms with Crippen molar-refractivity contribution >= 4 is 32.7 Å². The Hall–Kier alpha value is -2.35. The molecule has 1 aromatic heterocycles. The number of rotatable bonds is 9. The van der Waals surface area contributed by atoms with Crippen molar-refractivity contribution in [3.05, 3.63) is 59.0 Å². The number of nitrogens with zero attached hydrogens (tertiary/aromatic N) is 1. The molecule has 4 rings (SSSR count). The van der Waals surface area contributed by atoms with Crippen LogP contribution >= 0.6 is 11.8 Å². The highest BCUT2D eigenvalue weighted by Crippen LogP contribution is 2.53. The summed E-state index contributed by atoms with van der Waals surface area (Å²) < 4.78 is 69.8. The Morgan fingerprint density at radius 3 is 2.59 bits per heavy atom. The number of hydrogen-bond acceptors (Lipinski definition) is 7. The number of carbonyl (C=O) groups is 1. The summed E-state index contributed by atoms with van der Waals surface area (Å²) in [6, 6.07) is 7.84. The molecular formula is C21H21F3N2O6S2. The number of aromatic nitrogens is 1. The zero-order valence-electron chi connectivity index (χ0n) is 17.6. The predicted molar refractivity (Wildman–Crippen MR) is 117 cm³/mol. The van der Waals surface area contributed by atoms with Gasteiger partial charge in [-0.05, 0) is 36.8 Å². The van der Waals surface area contributed by atoms with Crippen LogP contribution in [0.2, 0.25) is 0 Å². The number of benzene rings is 1. The van der Waals surface area contributed by atoms with Crippen LogP contribution in [-0.4, -0.2) is 46.5 Å². The smallest absolute Gasteiger partial charge is 0.452 e. The van der Waals surface area contributed by atoms with E-state index in [-0.39, 0.29) is 30.0 Å². The third-order valence-corrected chi connectivity index (χ3v) is 9.48. The number of aliphatic carboxylic acids is 1. The first-order valence-electron chi connectivity index (χ1n) is 10.3. The van der Waals surface area contributed by atoms with Crippen LogP contribution in [0.1, 0.15) is 47.8 Å². The van der Waals surface area contributed by atoms with Crippen molar-refractivity contribution in [1.29, 1.82) is 0 Å². The van der Waals surface area contributed by atoms with Crippen LogP contribution in [0.15, 0.2) is 40.9 Å². The SMILES string of the molecule is O=C(O)[C@]1(NS(=O)(=O)C2CC=C(c3cc(C(F)(F)F)on3)S2)C[C@@H]1c1ccc(CCCO)cc1. The van der Waals surface area contributed by atoms with Gasteiger partial charge in [-0.25, -0.2) is 8.42 Å². The second-order valence-corrected chi connectivity index (χ2v) is 11.6. The number of hydrogen-bond donors (Lipinski definition) is 3. The molecule has 1 unspecified atom stereocenters. The molecule has 184 valence electrons. The van der Waals surface area contributed by atoms with Crippen LogP contribution < -0.4 is 4.72 Å². The summed E-state index contributed by atoms with van der Waals surface area (Å²) in [5, 5.41) is 22.1. The molecule has 1 fully saturated rings. The average Bonchev–Trinajstić information content (AvgIpc) is 3.14. The maximum absolute atomic E-state index is 13.0. The number of carboxylic acids is 1. The van der Waals surface area contributed by atoms with Crippen LogP contribution in [0.25, 0.3) is 4.91 Å². The summed E-state index contributed by atoms with van der Waals surface area (Å²) in [6.07, 6.45) is -1.95. The number of sulfonamides is 1. The molecule has 0 spiro atoms. The van der Waals surface area contributed by atoms with E-state index in [1.165, 1.54) is 6.08 Å². The van der Waals surface area contributed by atoms with E-state index in [4.69, 9.17) is 5.11 Å². The molecule has 2 heterocycles. The maximum atomic E-state index is 13.0. The first-order valence-corrected chi connectivity index (χ1v) is 12.8. The Labute approximate surface area is 197 Å². The first kappa shape index (κ1) is 24.8. The van der Waals surface area contributed by atoms with Crippen molar-refractivity contribution in [2.75, 3.05) is 6.61 Å². The van der Waals surface area contributed by atoms with Crippen LogP contribution in [0, 0.1) is 0 Å². The number of thioether (sulfide) groups is 1. The largest absolute Gasteiger partial charge is 0.480 e. The Morgan fingerprint density at radius 2 is 2.00 bits per heavy atom. The number of aliphatic hydroxyl groups is 1. The molecule has 2 aromatic rings. The molecule has 3 N–H and O–H groups in total. The monoisotopic (exact) mass is 518 g/mol. The quantitative estimate of drug-likeness (QED) is 0.461. The Bertz CT molecular complexity index is 1210. The fraction of sp³-hybridized carbons (Fsp3) is 0.429. The third kappa shape index (κ3) is 4.88. The topological polar surface area (TPSA) is 130 Å². The standard InChI is InChI=1S/C21H21F3N2O6S2/c22-21(23,24)17-10-15(25-32-17)16-7-8-18(33-16)34(30,31)26-20(19(28)29)11-14(20)13-5-3-12(4-6-13)2-1-9-27/h3-7,10,14,18,26-27H,1-2,8-9,11H2,(H,28,29)/t14-,18?,20+/m1/s1. The minimum absolute atomic E-state index is 0.0243. The zero-order chi connectivity index (χ0) is 24.7. The minimum Gasteiger partial charge on any atom is -0.480 e. The summed E-state index contributed by atoms with van der Waals surface area (Å²) >= 11 is 0.789. The van der Waals surface area contributed by atoms with E-state index in [1.54, 1.807) is 12.1 Å². The molecule has 34 heavy (non-hydrogen) atoms. The van der Waals surface area contributed by atoms with Gasteiger partial charge in [-0.1, -0.05) is 35.5 Å². The van der Waals surface area contributed by atoms with Gasteiger partial charge in [0.15, 0.2) is 0 Å². The Kier molecular flexibility index (Phi) is 6.57. The Morgan fingerprint density at radius 1 is 1.29 bits per heavy atom. The summed E-state index contributed by atoms with van der Waals surface area (Å²) in [6.45, 7) is 0.0597. The molecular weight excluding hydrogens is 497 g/mol. The normalized spacial score (nSPS) is 24.8. The number of aliphatic hydroxyl groups excluding tert-OH is 1. The van der Waals surface area contributed by atoms with Crippen molar-refractivity contribution in [1.82, 2.24) is 9.88 Å². The second kappa shape index (κ2) is 9.02. The van der Waals surface area contributed by atoms with Crippen LogP contribution in [0.3, 0.4) is 0 Å². The summed E-state index contributed by atoms with van der Waals surface area (Å²) in [4.78, 5) is 12.3. The molecule has 0 bridgehead atoms. The maximum Gasteiger partial charge on any atom is 0.452 e. The van der Waals surface area contributed by atoms with E-state index in [0.717, 1.165) is 17.3 Å². The molecule has 0 amide bonds. The molecule has 1 aliphatic heterocycles. The molecule has 3 atom stereocenters. The predicted octanol–water partition coefficient (Wildman–Crippen LogP) is 3.35.